The van der Waals surface area contributed by atoms with Crippen LogP contribution in [-0.2, 0) is 14.3 Å². The molecular weight excluding hydrogens is 260 g/mol. The second-order valence-electron chi connectivity index (χ2n) is 5.55. The van der Waals surface area contributed by atoms with E-state index >= 15 is 0 Å². The van der Waals surface area contributed by atoms with Gasteiger partial charge in [-0.1, -0.05) is 24.6 Å². The molecule has 1 unspecified atom stereocenters. The minimum atomic E-state index is -3.58. The van der Waals surface area contributed by atoms with Gasteiger partial charge in [0.05, 0.1) is 11.5 Å². The average Bonchev–Trinajstić information content (AvgIpc) is 3.19. The first kappa shape index (κ1) is 14.5. The van der Waals surface area contributed by atoms with Gasteiger partial charge in [-0.3, -0.25) is 4.18 Å². The second-order valence-corrected chi connectivity index (χ2v) is 7.16. The van der Waals surface area contributed by atoms with E-state index in [0.717, 1.165) is 24.3 Å². The van der Waals surface area contributed by atoms with Crippen LogP contribution in [0.4, 0.5) is 0 Å². The van der Waals surface area contributed by atoms with Crippen LogP contribution in [0.1, 0.15) is 38.2 Å². The van der Waals surface area contributed by atoms with Gasteiger partial charge in [-0.05, 0) is 56.6 Å². The van der Waals surface area contributed by atoms with E-state index in [1.807, 2.05) is 6.92 Å². The molecule has 1 aromatic rings. The van der Waals surface area contributed by atoms with Crippen LogP contribution in [0.5, 0.6) is 0 Å². The number of rotatable bonds is 7. The van der Waals surface area contributed by atoms with Crippen molar-refractivity contribution in [3.63, 3.8) is 0 Å². The van der Waals surface area contributed by atoms with E-state index < -0.39 is 10.1 Å². The predicted molar refractivity (Wildman–Crippen MR) is 75.4 cm³/mol. The summed E-state index contributed by atoms with van der Waals surface area (Å²) < 4.78 is 28.9. The summed E-state index contributed by atoms with van der Waals surface area (Å²) in [5.41, 5.74) is 1.04. The molecule has 0 amide bonds. The lowest BCUT2D eigenvalue weighted by Crippen LogP contribution is -2.09. The van der Waals surface area contributed by atoms with E-state index in [9.17, 15) is 8.42 Å². The molecule has 1 fully saturated rings. The molecule has 0 aromatic heterocycles. The van der Waals surface area contributed by atoms with Gasteiger partial charge in [0.2, 0.25) is 0 Å². The maximum absolute atomic E-state index is 11.9. The fourth-order valence-electron chi connectivity index (χ4n) is 2.25. The molecule has 2 rings (SSSR count). The molecule has 19 heavy (non-hydrogen) atoms. The Labute approximate surface area is 116 Å². The largest absolute Gasteiger partial charge is 0.296 e. The second kappa shape index (κ2) is 6.06. The first-order valence-corrected chi connectivity index (χ1v) is 8.36. The fraction of sp³-hybridized carbons (Fsp3) is 0.600. The first-order valence-electron chi connectivity index (χ1n) is 6.95. The third kappa shape index (κ3) is 4.32. The van der Waals surface area contributed by atoms with Crippen LogP contribution < -0.4 is 0 Å². The van der Waals surface area contributed by atoms with Gasteiger partial charge >= 0.3 is 0 Å². The Morgan fingerprint density at radius 1 is 1.26 bits per heavy atom. The monoisotopic (exact) mass is 282 g/mol. The van der Waals surface area contributed by atoms with Gasteiger partial charge in [-0.25, -0.2) is 0 Å². The summed E-state index contributed by atoms with van der Waals surface area (Å²) in [6.45, 7) is 4.45. The summed E-state index contributed by atoms with van der Waals surface area (Å²) in [5.74, 6) is 1.57. The predicted octanol–water partition coefficient (Wildman–Crippen LogP) is 3.53. The van der Waals surface area contributed by atoms with E-state index in [4.69, 9.17) is 4.18 Å². The minimum absolute atomic E-state index is 0.244. The highest BCUT2D eigenvalue weighted by atomic mass is 32.2. The van der Waals surface area contributed by atoms with E-state index in [0.29, 0.717) is 5.92 Å². The number of hydrogen-bond acceptors (Lipinski definition) is 3. The summed E-state index contributed by atoms with van der Waals surface area (Å²) in [5, 5.41) is 0. The molecule has 1 saturated carbocycles. The summed E-state index contributed by atoms with van der Waals surface area (Å²) in [4.78, 5) is 0.244. The van der Waals surface area contributed by atoms with Crippen molar-refractivity contribution in [3.8, 4) is 0 Å². The van der Waals surface area contributed by atoms with Gasteiger partial charge in [-0.2, -0.15) is 8.42 Å². The first-order chi connectivity index (χ1) is 8.99. The molecule has 0 saturated heterocycles. The van der Waals surface area contributed by atoms with Crippen LogP contribution >= 0.6 is 0 Å². The van der Waals surface area contributed by atoms with Crippen molar-refractivity contribution in [2.45, 2.75) is 44.4 Å². The maximum Gasteiger partial charge on any atom is 0.296 e. The molecule has 4 heteroatoms. The molecule has 0 spiro atoms. The van der Waals surface area contributed by atoms with Crippen LogP contribution in [0, 0.1) is 18.8 Å². The Kier molecular flexibility index (Phi) is 4.63. The Balaban J connectivity index is 1.78. The van der Waals surface area contributed by atoms with Gasteiger partial charge in [-0.15, -0.1) is 0 Å². The molecule has 0 N–H and O–H groups in total. The highest BCUT2D eigenvalue weighted by Gasteiger charge is 2.27. The summed E-state index contributed by atoms with van der Waals surface area (Å²) in [6, 6.07) is 6.76. The Morgan fingerprint density at radius 2 is 1.89 bits per heavy atom. The van der Waals surface area contributed by atoms with Gasteiger partial charge in [0.1, 0.15) is 0 Å². The normalized spacial score (nSPS) is 17.4. The van der Waals surface area contributed by atoms with E-state index in [2.05, 4.69) is 6.92 Å². The van der Waals surface area contributed by atoms with Crippen molar-refractivity contribution in [2.24, 2.45) is 11.8 Å². The number of benzene rings is 1. The van der Waals surface area contributed by atoms with Gasteiger partial charge in [0, 0.05) is 0 Å². The molecule has 0 radical (unpaired) electrons. The maximum atomic E-state index is 11.9. The Morgan fingerprint density at radius 3 is 2.47 bits per heavy atom. The summed E-state index contributed by atoms with van der Waals surface area (Å²) >= 11 is 0. The topological polar surface area (TPSA) is 43.4 Å². The highest BCUT2D eigenvalue weighted by molar-refractivity contribution is 7.86. The number of hydrogen-bond donors (Lipinski definition) is 0. The Bertz CT molecular complexity index is 501. The lowest BCUT2D eigenvalue weighted by Gasteiger charge is -2.10. The summed E-state index contributed by atoms with van der Waals surface area (Å²) in [6.07, 6.45) is 4.53. The lowest BCUT2D eigenvalue weighted by atomic mass is 10.0. The Hall–Kier alpha value is -0.870. The van der Waals surface area contributed by atoms with E-state index in [-0.39, 0.29) is 11.5 Å². The van der Waals surface area contributed by atoms with Gasteiger partial charge < -0.3 is 0 Å². The smallest absolute Gasteiger partial charge is 0.266 e. The van der Waals surface area contributed by atoms with Gasteiger partial charge in [0.25, 0.3) is 10.1 Å². The molecule has 3 nitrogen and oxygen atoms in total. The van der Waals surface area contributed by atoms with E-state index in [1.165, 1.54) is 12.8 Å². The molecule has 1 aromatic carbocycles. The van der Waals surface area contributed by atoms with Gasteiger partial charge in [0.15, 0.2) is 0 Å². The van der Waals surface area contributed by atoms with Crippen LogP contribution in [0.15, 0.2) is 29.2 Å². The van der Waals surface area contributed by atoms with Crippen molar-refractivity contribution in [3.05, 3.63) is 29.8 Å². The van der Waals surface area contributed by atoms with Crippen LogP contribution in [0.2, 0.25) is 0 Å². The molecule has 106 valence electrons. The molecule has 0 bridgehead atoms. The quantitative estimate of drug-likeness (QED) is 0.567. The molecule has 1 aliphatic carbocycles. The average molecular weight is 282 g/mol. The van der Waals surface area contributed by atoms with Crippen LogP contribution in [0.25, 0.3) is 0 Å². The molecule has 0 heterocycles. The third-order valence-corrected chi connectivity index (χ3v) is 5.11. The molecule has 1 aliphatic rings. The van der Waals surface area contributed by atoms with Crippen molar-refractivity contribution in [2.75, 3.05) is 6.61 Å². The minimum Gasteiger partial charge on any atom is -0.266 e. The van der Waals surface area contributed by atoms with E-state index in [1.54, 1.807) is 24.3 Å². The molecular formula is C15H22O3S. The van der Waals surface area contributed by atoms with Crippen molar-refractivity contribution in [1.82, 2.24) is 0 Å². The molecule has 1 atom stereocenters. The fourth-order valence-corrected chi connectivity index (χ4v) is 3.19. The zero-order chi connectivity index (χ0) is 13.9. The van der Waals surface area contributed by atoms with Crippen LogP contribution in [-0.4, -0.2) is 15.0 Å². The van der Waals surface area contributed by atoms with Crippen molar-refractivity contribution < 1.29 is 12.6 Å². The van der Waals surface area contributed by atoms with Crippen molar-refractivity contribution in [1.29, 1.82) is 0 Å². The zero-order valence-electron chi connectivity index (χ0n) is 11.6. The van der Waals surface area contributed by atoms with Crippen LogP contribution in [0.3, 0.4) is 0 Å². The molecule has 0 aliphatic heterocycles. The zero-order valence-corrected chi connectivity index (χ0v) is 12.4. The van der Waals surface area contributed by atoms with Crippen molar-refractivity contribution >= 4 is 10.1 Å². The summed E-state index contributed by atoms with van der Waals surface area (Å²) in [7, 11) is -3.58. The number of aryl methyl sites for hydroxylation is 1. The third-order valence-electron chi connectivity index (χ3n) is 3.78. The lowest BCUT2D eigenvalue weighted by molar-refractivity contribution is 0.292. The standard InChI is InChI=1S/C15H22O3S/c1-12-5-9-15(10-6-12)19(16,17)18-11-3-4-13(2)14-7-8-14/h5-6,9-10,13-14H,3-4,7-8,11H2,1-2H3. The SMILES string of the molecule is Cc1ccc(S(=O)(=O)OCCCC(C)C2CC2)cc1. The highest BCUT2D eigenvalue weighted by Crippen LogP contribution is 2.38.